The minimum absolute atomic E-state index is 0.0357. The lowest BCUT2D eigenvalue weighted by atomic mass is 10.2. The van der Waals surface area contributed by atoms with Crippen molar-refractivity contribution >= 4 is 5.91 Å². The van der Waals surface area contributed by atoms with Crippen molar-refractivity contribution in [3.63, 3.8) is 0 Å². The molecular weight excluding hydrogens is 228 g/mol. The van der Waals surface area contributed by atoms with Gasteiger partial charge in [0, 0.05) is 6.04 Å². The van der Waals surface area contributed by atoms with Crippen LogP contribution in [0.25, 0.3) is 0 Å². The largest absolute Gasteiger partial charge is 0.467 e. The summed E-state index contributed by atoms with van der Waals surface area (Å²) in [6, 6.07) is 4.08. The van der Waals surface area contributed by atoms with Crippen LogP contribution in [0.4, 0.5) is 0 Å². The van der Waals surface area contributed by atoms with Gasteiger partial charge in [0.25, 0.3) is 0 Å². The van der Waals surface area contributed by atoms with E-state index in [4.69, 9.17) is 4.42 Å². The van der Waals surface area contributed by atoms with Crippen molar-refractivity contribution in [2.24, 2.45) is 5.92 Å². The summed E-state index contributed by atoms with van der Waals surface area (Å²) in [5.74, 6) is 1.59. The first-order valence-corrected chi connectivity index (χ1v) is 6.76. The number of rotatable bonds is 7. The lowest BCUT2D eigenvalue weighted by Gasteiger charge is -2.13. The minimum atomic E-state index is -0.133. The van der Waals surface area contributed by atoms with E-state index in [1.165, 1.54) is 19.3 Å². The van der Waals surface area contributed by atoms with Crippen LogP contribution in [0, 0.1) is 5.92 Å². The topological polar surface area (TPSA) is 54.3 Å². The molecular formula is C14H22N2O2. The minimum Gasteiger partial charge on any atom is -0.467 e. The first kappa shape index (κ1) is 13.1. The Morgan fingerprint density at radius 2 is 2.44 bits per heavy atom. The summed E-state index contributed by atoms with van der Waals surface area (Å²) in [6.07, 6.45) is 5.31. The van der Waals surface area contributed by atoms with Gasteiger partial charge in [-0.2, -0.15) is 0 Å². The van der Waals surface area contributed by atoms with Crippen molar-refractivity contribution in [3.05, 3.63) is 24.2 Å². The zero-order valence-corrected chi connectivity index (χ0v) is 11.1. The zero-order chi connectivity index (χ0) is 13.0. The summed E-state index contributed by atoms with van der Waals surface area (Å²) in [7, 11) is 0. The molecule has 18 heavy (non-hydrogen) atoms. The first-order chi connectivity index (χ1) is 8.70. The molecule has 1 saturated carbocycles. The second-order valence-corrected chi connectivity index (χ2v) is 5.08. The Balaban J connectivity index is 1.66. The molecule has 0 radical (unpaired) electrons. The van der Waals surface area contributed by atoms with E-state index in [1.807, 2.05) is 19.1 Å². The molecule has 0 spiro atoms. The molecule has 100 valence electrons. The predicted molar refractivity (Wildman–Crippen MR) is 70.0 cm³/mol. The molecule has 3 atom stereocenters. The van der Waals surface area contributed by atoms with E-state index >= 15 is 0 Å². The highest BCUT2D eigenvalue weighted by Gasteiger charge is 2.37. The molecule has 1 aromatic rings. The van der Waals surface area contributed by atoms with E-state index in [2.05, 4.69) is 17.6 Å². The summed E-state index contributed by atoms with van der Waals surface area (Å²) in [5.41, 5.74) is 0. The molecule has 3 unspecified atom stereocenters. The third-order valence-electron chi connectivity index (χ3n) is 3.46. The molecule has 0 saturated heterocycles. The van der Waals surface area contributed by atoms with Crippen LogP contribution >= 0.6 is 0 Å². The van der Waals surface area contributed by atoms with E-state index in [0.29, 0.717) is 12.6 Å². The van der Waals surface area contributed by atoms with Gasteiger partial charge in [-0.3, -0.25) is 4.79 Å². The fraction of sp³-hybridized carbons (Fsp3) is 0.643. The summed E-state index contributed by atoms with van der Waals surface area (Å²) in [5, 5.41) is 6.25. The number of hydrogen-bond donors (Lipinski definition) is 2. The molecule has 2 N–H and O–H groups in total. The van der Waals surface area contributed by atoms with Gasteiger partial charge >= 0.3 is 0 Å². The Bertz CT molecular complexity index is 375. The SMILES string of the molecule is CCCC1CC1NC(C)C(=O)NCc1ccco1. The van der Waals surface area contributed by atoms with Gasteiger partial charge in [0.05, 0.1) is 18.8 Å². The van der Waals surface area contributed by atoms with E-state index in [9.17, 15) is 4.79 Å². The summed E-state index contributed by atoms with van der Waals surface area (Å²) < 4.78 is 5.17. The maximum atomic E-state index is 11.9. The fourth-order valence-corrected chi connectivity index (χ4v) is 2.28. The van der Waals surface area contributed by atoms with Gasteiger partial charge in [-0.1, -0.05) is 13.3 Å². The van der Waals surface area contributed by atoms with Gasteiger partial charge in [0.2, 0.25) is 5.91 Å². The van der Waals surface area contributed by atoms with Gasteiger partial charge in [-0.15, -0.1) is 0 Å². The van der Waals surface area contributed by atoms with E-state index in [1.54, 1.807) is 6.26 Å². The number of carbonyl (C=O) groups is 1. The molecule has 0 bridgehead atoms. The monoisotopic (exact) mass is 250 g/mol. The maximum Gasteiger partial charge on any atom is 0.237 e. The highest BCUT2D eigenvalue weighted by Crippen LogP contribution is 2.34. The highest BCUT2D eigenvalue weighted by molar-refractivity contribution is 5.81. The molecule has 1 aromatic heterocycles. The molecule has 4 heteroatoms. The van der Waals surface area contributed by atoms with E-state index in [-0.39, 0.29) is 11.9 Å². The van der Waals surface area contributed by atoms with Crippen molar-refractivity contribution in [1.82, 2.24) is 10.6 Å². The smallest absolute Gasteiger partial charge is 0.237 e. The zero-order valence-electron chi connectivity index (χ0n) is 11.1. The first-order valence-electron chi connectivity index (χ1n) is 6.76. The Labute approximate surface area is 108 Å². The third-order valence-corrected chi connectivity index (χ3v) is 3.46. The van der Waals surface area contributed by atoms with Gasteiger partial charge in [0.1, 0.15) is 5.76 Å². The van der Waals surface area contributed by atoms with Crippen LogP contribution < -0.4 is 10.6 Å². The van der Waals surface area contributed by atoms with Crippen molar-refractivity contribution in [1.29, 1.82) is 0 Å². The Morgan fingerprint density at radius 1 is 1.61 bits per heavy atom. The summed E-state index contributed by atoms with van der Waals surface area (Å²) in [4.78, 5) is 11.9. The van der Waals surface area contributed by atoms with E-state index in [0.717, 1.165) is 11.7 Å². The quantitative estimate of drug-likeness (QED) is 0.779. The number of amides is 1. The Kier molecular flexibility index (Phi) is 4.42. The normalized spacial score (nSPS) is 23.7. The maximum absolute atomic E-state index is 11.9. The molecule has 0 aromatic carbocycles. The molecule has 1 aliphatic carbocycles. The number of hydrogen-bond acceptors (Lipinski definition) is 3. The summed E-state index contributed by atoms with van der Waals surface area (Å²) >= 11 is 0. The number of furan rings is 1. The summed E-state index contributed by atoms with van der Waals surface area (Å²) in [6.45, 7) is 4.58. The van der Waals surface area contributed by atoms with Crippen molar-refractivity contribution < 1.29 is 9.21 Å². The highest BCUT2D eigenvalue weighted by atomic mass is 16.3. The van der Waals surface area contributed by atoms with Crippen LogP contribution in [-0.4, -0.2) is 18.0 Å². The van der Waals surface area contributed by atoms with Crippen molar-refractivity contribution in [2.45, 2.75) is 51.7 Å². The van der Waals surface area contributed by atoms with E-state index < -0.39 is 0 Å². The lowest BCUT2D eigenvalue weighted by molar-refractivity contribution is -0.123. The number of carbonyl (C=O) groups excluding carboxylic acids is 1. The standard InChI is InChI=1S/C14H22N2O2/c1-3-5-11-8-13(11)16-10(2)14(17)15-9-12-6-4-7-18-12/h4,6-7,10-11,13,16H,3,5,8-9H2,1-2H3,(H,15,17). The average Bonchev–Trinajstić information content (AvgIpc) is 2.89. The molecule has 1 aliphatic rings. The van der Waals surface area contributed by atoms with Crippen LogP contribution in [0.2, 0.25) is 0 Å². The number of nitrogens with one attached hydrogen (secondary N) is 2. The lowest BCUT2D eigenvalue weighted by Crippen LogP contribution is -2.43. The Hall–Kier alpha value is -1.29. The Morgan fingerprint density at radius 3 is 3.11 bits per heavy atom. The van der Waals surface area contributed by atoms with Crippen LogP contribution in [-0.2, 0) is 11.3 Å². The van der Waals surface area contributed by atoms with Crippen LogP contribution in [0.5, 0.6) is 0 Å². The predicted octanol–water partition coefficient (Wildman–Crippen LogP) is 2.06. The molecule has 1 amide bonds. The van der Waals surface area contributed by atoms with Gasteiger partial charge in [-0.05, 0) is 37.8 Å². The fourth-order valence-electron chi connectivity index (χ4n) is 2.28. The van der Waals surface area contributed by atoms with Crippen LogP contribution in [0.3, 0.4) is 0 Å². The molecule has 4 nitrogen and oxygen atoms in total. The van der Waals surface area contributed by atoms with Crippen molar-refractivity contribution in [2.75, 3.05) is 0 Å². The molecule has 0 aliphatic heterocycles. The van der Waals surface area contributed by atoms with Crippen LogP contribution in [0.1, 0.15) is 38.9 Å². The van der Waals surface area contributed by atoms with Gasteiger partial charge < -0.3 is 15.1 Å². The molecule has 1 fully saturated rings. The second kappa shape index (κ2) is 6.05. The molecule has 2 rings (SSSR count). The average molecular weight is 250 g/mol. The van der Waals surface area contributed by atoms with Gasteiger partial charge in [-0.25, -0.2) is 0 Å². The second-order valence-electron chi connectivity index (χ2n) is 5.08. The van der Waals surface area contributed by atoms with Crippen LogP contribution in [0.15, 0.2) is 22.8 Å². The van der Waals surface area contributed by atoms with Crippen molar-refractivity contribution in [3.8, 4) is 0 Å². The third kappa shape index (κ3) is 3.60. The van der Waals surface area contributed by atoms with Gasteiger partial charge in [0.15, 0.2) is 0 Å². The molecule has 1 heterocycles.